The van der Waals surface area contributed by atoms with Crippen molar-refractivity contribution >= 4 is 27.3 Å². The molecule has 1 aliphatic rings. The zero-order valence-electron chi connectivity index (χ0n) is 16.5. The molecule has 0 aliphatic carbocycles. The lowest BCUT2D eigenvalue weighted by Gasteiger charge is -2.14. The van der Waals surface area contributed by atoms with Gasteiger partial charge >= 0.3 is 0 Å². The number of nitrogens with zero attached hydrogens (tertiary/aromatic N) is 3. The minimum atomic E-state index is -2.94. The van der Waals surface area contributed by atoms with Crippen molar-refractivity contribution in [1.82, 2.24) is 14.8 Å². The Balaban J connectivity index is 1.65. The molecule has 152 valence electrons. The summed E-state index contributed by atoms with van der Waals surface area (Å²) in [6, 6.07) is 16.2. The van der Waals surface area contributed by atoms with E-state index < -0.39 is 9.84 Å². The molecule has 1 saturated heterocycles. The van der Waals surface area contributed by atoms with Gasteiger partial charge in [-0.1, -0.05) is 36.0 Å². The van der Waals surface area contributed by atoms with Crippen molar-refractivity contribution in [3.05, 3.63) is 65.5 Å². The summed E-state index contributed by atoms with van der Waals surface area (Å²) in [5.74, 6) is 1.25. The van der Waals surface area contributed by atoms with Gasteiger partial charge in [-0.25, -0.2) is 8.42 Å². The van der Waals surface area contributed by atoms with E-state index in [1.54, 1.807) is 0 Å². The van der Waals surface area contributed by atoms with Gasteiger partial charge in [0.05, 0.1) is 18.1 Å². The van der Waals surface area contributed by atoms with Crippen LogP contribution < -0.4 is 5.32 Å². The molecule has 1 atom stereocenters. The van der Waals surface area contributed by atoms with E-state index in [4.69, 9.17) is 0 Å². The zero-order valence-corrected chi connectivity index (χ0v) is 18.1. The molecule has 1 fully saturated rings. The molecule has 1 aliphatic heterocycles. The second-order valence-electron chi connectivity index (χ2n) is 7.37. The number of aromatic nitrogens is 3. The summed E-state index contributed by atoms with van der Waals surface area (Å²) in [5.41, 5.74) is 4.42. The normalized spacial score (nSPS) is 18.1. The van der Waals surface area contributed by atoms with Crippen LogP contribution >= 0.6 is 11.8 Å². The highest BCUT2D eigenvalue weighted by atomic mass is 32.2. The Hall–Kier alpha value is -2.32. The molecule has 8 heteroatoms. The van der Waals surface area contributed by atoms with Crippen LogP contribution in [0.3, 0.4) is 0 Å². The quantitative estimate of drug-likeness (QED) is 0.644. The minimum Gasteiger partial charge on any atom is -0.378 e. The zero-order chi connectivity index (χ0) is 20.4. The lowest BCUT2D eigenvalue weighted by Crippen LogP contribution is -2.11. The number of hydrogen-bond acceptors (Lipinski definition) is 6. The maximum Gasteiger partial charge on any atom is 0.196 e. The topological polar surface area (TPSA) is 76.9 Å². The van der Waals surface area contributed by atoms with Crippen molar-refractivity contribution in [2.75, 3.05) is 16.8 Å². The Morgan fingerprint density at radius 2 is 1.90 bits per heavy atom. The van der Waals surface area contributed by atoms with E-state index in [2.05, 4.69) is 47.6 Å². The van der Waals surface area contributed by atoms with Crippen LogP contribution in [0.25, 0.3) is 5.69 Å². The summed E-state index contributed by atoms with van der Waals surface area (Å²) in [7, 11) is -2.94. The van der Waals surface area contributed by atoms with Crippen molar-refractivity contribution in [2.24, 2.45) is 0 Å². The molecule has 1 N–H and O–H groups in total. The third-order valence-corrected chi connectivity index (χ3v) is 8.33. The van der Waals surface area contributed by atoms with Crippen LogP contribution in [0.5, 0.6) is 0 Å². The number of para-hydroxylation sites is 1. The molecule has 0 amide bonds. The molecule has 1 unspecified atom stereocenters. The molecule has 29 heavy (non-hydrogen) atoms. The molecule has 0 bridgehead atoms. The number of anilines is 1. The lowest BCUT2D eigenvalue weighted by atomic mass is 10.1. The Labute approximate surface area is 175 Å². The number of sulfone groups is 1. The standard InChI is InChI=1S/C21H24N4O2S2/c1-15-8-9-18(12-16(15)2)25-20(13-22-17-6-4-3-5-7-17)23-24-21(25)28-19-10-11-29(26,27)14-19/h3-9,12,19,22H,10-11,13-14H2,1-2H3. The van der Waals surface area contributed by atoms with E-state index in [1.807, 2.05) is 34.9 Å². The van der Waals surface area contributed by atoms with Crippen LogP contribution in [-0.2, 0) is 16.4 Å². The monoisotopic (exact) mass is 428 g/mol. The van der Waals surface area contributed by atoms with Crippen molar-refractivity contribution < 1.29 is 8.42 Å². The third-order valence-electron chi connectivity index (χ3n) is 5.14. The number of aryl methyl sites for hydroxylation is 2. The highest BCUT2D eigenvalue weighted by Gasteiger charge is 2.30. The van der Waals surface area contributed by atoms with Crippen LogP contribution in [-0.4, -0.2) is 39.9 Å². The highest BCUT2D eigenvalue weighted by Crippen LogP contribution is 2.32. The predicted molar refractivity (Wildman–Crippen MR) is 118 cm³/mol. The molecule has 4 rings (SSSR count). The molecule has 2 aromatic carbocycles. The second kappa shape index (κ2) is 8.20. The van der Waals surface area contributed by atoms with Gasteiger partial charge in [-0.3, -0.25) is 4.57 Å². The Kier molecular flexibility index (Phi) is 5.65. The van der Waals surface area contributed by atoms with Gasteiger partial charge in [0.15, 0.2) is 20.8 Å². The maximum absolute atomic E-state index is 11.9. The maximum atomic E-state index is 11.9. The first-order valence-electron chi connectivity index (χ1n) is 9.59. The average molecular weight is 429 g/mol. The largest absolute Gasteiger partial charge is 0.378 e. The summed E-state index contributed by atoms with van der Waals surface area (Å²) in [4.78, 5) is 0. The van der Waals surface area contributed by atoms with E-state index in [-0.39, 0.29) is 16.8 Å². The van der Waals surface area contributed by atoms with Crippen LogP contribution in [0, 0.1) is 13.8 Å². The molecular weight excluding hydrogens is 404 g/mol. The van der Waals surface area contributed by atoms with Crippen LogP contribution in [0.2, 0.25) is 0 Å². The SMILES string of the molecule is Cc1ccc(-n2c(CNc3ccccc3)nnc2SC2CCS(=O)(=O)C2)cc1C. The first-order valence-corrected chi connectivity index (χ1v) is 12.3. The van der Waals surface area contributed by atoms with Gasteiger partial charge in [0.25, 0.3) is 0 Å². The molecule has 6 nitrogen and oxygen atoms in total. The van der Waals surface area contributed by atoms with Gasteiger partial charge in [-0.15, -0.1) is 10.2 Å². The molecule has 3 aromatic rings. The van der Waals surface area contributed by atoms with E-state index in [1.165, 1.54) is 22.9 Å². The first-order chi connectivity index (χ1) is 13.9. The van der Waals surface area contributed by atoms with Gasteiger partial charge in [0, 0.05) is 16.6 Å². The predicted octanol–water partition coefficient (Wildman–Crippen LogP) is 3.78. The molecule has 1 aromatic heterocycles. The summed E-state index contributed by atoms with van der Waals surface area (Å²) >= 11 is 1.51. The van der Waals surface area contributed by atoms with E-state index in [0.29, 0.717) is 13.0 Å². The summed E-state index contributed by atoms with van der Waals surface area (Å²) in [6.45, 7) is 4.69. The number of thioether (sulfide) groups is 1. The van der Waals surface area contributed by atoms with Crippen molar-refractivity contribution in [3.63, 3.8) is 0 Å². The molecule has 2 heterocycles. The fraction of sp³-hybridized carbons (Fsp3) is 0.333. The van der Waals surface area contributed by atoms with Gasteiger partial charge in [0.2, 0.25) is 0 Å². The summed E-state index contributed by atoms with van der Waals surface area (Å²) in [6.07, 6.45) is 0.657. The van der Waals surface area contributed by atoms with Crippen molar-refractivity contribution in [3.8, 4) is 5.69 Å². The first kappa shape index (κ1) is 20.0. The van der Waals surface area contributed by atoms with Gasteiger partial charge in [0.1, 0.15) is 0 Å². The Morgan fingerprint density at radius 1 is 1.10 bits per heavy atom. The van der Waals surface area contributed by atoms with Gasteiger partial charge in [-0.2, -0.15) is 0 Å². The van der Waals surface area contributed by atoms with Crippen LogP contribution in [0.1, 0.15) is 23.4 Å². The minimum absolute atomic E-state index is 0.0180. The van der Waals surface area contributed by atoms with Gasteiger partial charge < -0.3 is 5.32 Å². The Morgan fingerprint density at radius 3 is 2.59 bits per heavy atom. The highest BCUT2D eigenvalue weighted by molar-refractivity contribution is 8.01. The molecule has 0 saturated carbocycles. The lowest BCUT2D eigenvalue weighted by molar-refractivity contribution is 0.602. The molecule has 0 spiro atoms. The van der Waals surface area contributed by atoms with E-state index in [0.717, 1.165) is 22.4 Å². The number of rotatable bonds is 6. The molecule has 0 radical (unpaired) electrons. The summed E-state index contributed by atoms with van der Waals surface area (Å²) < 4.78 is 25.8. The van der Waals surface area contributed by atoms with Crippen molar-refractivity contribution in [2.45, 2.75) is 37.2 Å². The second-order valence-corrected chi connectivity index (χ2v) is 10.9. The third kappa shape index (κ3) is 4.64. The Bertz CT molecular complexity index is 1110. The van der Waals surface area contributed by atoms with E-state index in [9.17, 15) is 8.42 Å². The van der Waals surface area contributed by atoms with Crippen molar-refractivity contribution in [1.29, 1.82) is 0 Å². The average Bonchev–Trinajstić information content (AvgIpc) is 3.26. The molecular formula is C21H24N4O2S2. The number of hydrogen-bond donors (Lipinski definition) is 1. The fourth-order valence-corrected chi connectivity index (χ4v) is 6.88. The smallest absolute Gasteiger partial charge is 0.196 e. The van der Waals surface area contributed by atoms with Crippen LogP contribution in [0.4, 0.5) is 5.69 Å². The number of benzene rings is 2. The summed E-state index contributed by atoms with van der Waals surface area (Å²) in [5, 5.41) is 13.0. The van der Waals surface area contributed by atoms with Gasteiger partial charge in [-0.05, 0) is 55.7 Å². The van der Waals surface area contributed by atoms with Crippen LogP contribution in [0.15, 0.2) is 53.7 Å². The number of nitrogens with one attached hydrogen (secondary N) is 1. The van der Waals surface area contributed by atoms with E-state index >= 15 is 0 Å². The fourth-order valence-electron chi connectivity index (χ4n) is 3.36.